The summed E-state index contributed by atoms with van der Waals surface area (Å²) in [6, 6.07) is 3.96. The maximum atomic E-state index is 12.3. The van der Waals surface area contributed by atoms with Gasteiger partial charge in [0.2, 0.25) is 5.75 Å². The number of hydrogen-bond acceptors (Lipinski definition) is 6. The van der Waals surface area contributed by atoms with Gasteiger partial charge >= 0.3 is 0 Å². The lowest BCUT2D eigenvalue weighted by Crippen LogP contribution is -2.22. The predicted molar refractivity (Wildman–Crippen MR) is 104 cm³/mol. The van der Waals surface area contributed by atoms with Crippen LogP contribution < -0.4 is 19.5 Å². The molecule has 1 saturated heterocycles. The molecule has 0 atom stereocenters. The second-order valence-electron chi connectivity index (χ2n) is 6.25. The molecule has 1 saturated carbocycles. The van der Waals surface area contributed by atoms with Gasteiger partial charge in [-0.25, -0.2) is 0 Å². The Morgan fingerprint density at radius 3 is 2.31 bits per heavy atom. The number of carbonyl (C=O) groups excluding carboxylic acids is 1. The number of thioether (sulfide) groups is 1. The number of hydrogen-bond donors (Lipinski definition) is 1. The molecule has 1 amide bonds. The molecule has 1 aliphatic carbocycles. The van der Waals surface area contributed by atoms with E-state index in [2.05, 4.69) is 5.32 Å². The van der Waals surface area contributed by atoms with Gasteiger partial charge in [-0.05, 0) is 48.4 Å². The van der Waals surface area contributed by atoms with Crippen LogP contribution in [0.2, 0.25) is 0 Å². The molecule has 6 nitrogen and oxygen atoms in total. The van der Waals surface area contributed by atoms with Gasteiger partial charge in [0, 0.05) is 0 Å². The van der Waals surface area contributed by atoms with Crippen molar-refractivity contribution in [2.24, 2.45) is 4.99 Å². The summed E-state index contributed by atoms with van der Waals surface area (Å²) in [6.45, 7) is 0. The molecule has 0 unspecified atom stereocenters. The van der Waals surface area contributed by atoms with Crippen LogP contribution in [0.15, 0.2) is 22.0 Å². The molecule has 2 fully saturated rings. The number of nitrogens with one attached hydrogen (secondary N) is 1. The molecule has 140 valence electrons. The lowest BCUT2D eigenvalue weighted by Gasteiger charge is -2.17. The second kappa shape index (κ2) is 8.49. The highest BCUT2D eigenvalue weighted by atomic mass is 32.2. The average Bonchev–Trinajstić information content (AvgIpc) is 3.00. The van der Waals surface area contributed by atoms with E-state index in [0.29, 0.717) is 33.4 Å². The molecule has 26 heavy (non-hydrogen) atoms. The molecule has 0 aromatic heterocycles. The fourth-order valence-electron chi connectivity index (χ4n) is 3.20. The number of benzene rings is 1. The van der Waals surface area contributed by atoms with Crippen molar-refractivity contribution >= 4 is 28.9 Å². The van der Waals surface area contributed by atoms with Gasteiger partial charge in [-0.3, -0.25) is 9.79 Å². The Bertz CT molecular complexity index is 714. The highest BCUT2D eigenvalue weighted by Gasteiger charge is 2.25. The van der Waals surface area contributed by atoms with Crippen molar-refractivity contribution in [3.05, 3.63) is 22.6 Å². The molecular formula is C19H24N2O4S. The molecule has 1 aliphatic heterocycles. The van der Waals surface area contributed by atoms with Gasteiger partial charge in [-0.1, -0.05) is 19.3 Å². The second-order valence-corrected chi connectivity index (χ2v) is 7.28. The first-order valence-electron chi connectivity index (χ1n) is 8.73. The summed E-state index contributed by atoms with van der Waals surface area (Å²) in [7, 11) is 4.70. The molecular weight excluding hydrogens is 352 g/mol. The molecule has 2 aliphatic rings. The van der Waals surface area contributed by atoms with Gasteiger partial charge in [0.05, 0.1) is 32.3 Å². The van der Waals surface area contributed by atoms with Crippen LogP contribution in [0, 0.1) is 0 Å². The van der Waals surface area contributed by atoms with Crippen molar-refractivity contribution in [1.29, 1.82) is 0 Å². The lowest BCUT2D eigenvalue weighted by atomic mass is 9.96. The summed E-state index contributed by atoms with van der Waals surface area (Å²) >= 11 is 1.38. The topological polar surface area (TPSA) is 69.2 Å². The standard InChI is InChI=1S/C19H24N2O4S/c1-23-14-9-12(10-15(24-2)17(14)25-3)11-16-18(22)21-19(26-16)20-13-7-5-4-6-8-13/h9-11,13H,4-8H2,1-3H3,(H,20,21,22)/b16-11-. The number of amides is 1. The normalized spacial score (nSPS) is 21.1. The Hall–Kier alpha value is -2.15. The Kier molecular flexibility index (Phi) is 6.08. The summed E-state index contributed by atoms with van der Waals surface area (Å²) in [6.07, 6.45) is 7.74. The van der Waals surface area contributed by atoms with Crippen LogP contribution in [0.25, 0.3) is 6.08 Å². The van der Waals surface area contributed by atoms with Crippen molar-refractivity contribution in [1.82, 2.24) is 5.32 Å². The zero-order valence-corrected chi connectivity index (χ0v) is 16.1. The summed E-state index contributed by atoms with van der Waals surface area (Å²) in [4.78, 5) is 17.6. The van der Waals surface area contributed by atoms with Crippen LogP contribution in [-0.4, -0.2) is 38.4 Å². The van der Waals surface area contributed by atoms with E-state index in [1.807, 2.05) is 18.2 Å². The Morgan fingerprint density at radius 2 is 1.73 bits per heavy atom. The van der Waals surface area contributed by atoms with Crippen molar-refractivity contribution in [3.8, 4) is 17.2 Å². The largest absolute Gasteiger partial charge is 0.493 e. The smallest absolute Gasteiger partial charge is 0.264 e. The summed E-state index contributed by atoms with van der Waals surface area (Å²) in [5.74, 6) is 1.51. The monoisotopic (exact) mass is 376 g/mol. The third-order valence-corrected chi connectivity index (χ3v) is 5.43. The third kappa shape index (κ3) is 4.15. The van der Waals surface area contributed by atoms with Crippen molar-refractivity contribution in [2.75, 3.05) is 21.3 Å². The third-order valence-electron chi connectivity index (χ3n) is 4.51. The fourth-order valence-corrected chi connectivity index (χ4v) is 4.09. The molecule has 7 heteroatoms. The molecule has 1 aromatic carbocycles. The van der Waals surface area contributed by atoms with Crippen molar-refractivity contribution < 1.29 is 19.0 Å². The lowest BCUT2D eigenvalue weighted by molar-refractivity contribution is -0.115. The number of rotatable bonds is 5. The minimum Gasteiger partial charge on any atom is -0.493 e. The van der Waals surface area contributed by atoms with Crippen LogP contribution in [0.5, 0.6) is 17.2 Å². The summed E-state index contributed by atoms with van der Waals surface area (Å²) < 4.78 is 16.1. The van der Waals surface area contributed by atoms with Crippen LogP contribution in [0.4, 0.5) is 0 Å². The first-order valence-corrected chi connectivity index (χ1v) is 9.55. The van der Waals surface area contributed by atoms with E-state index in [1.165, 1.54) is 31.0 Å². The first kappa shape index (κ1) is 18.6. The highest BCUT2D eigenvalue weighted by molar-refractivity contribution is 8.18. The van der Waals surface area contributed by atoms with E-state index in [1.54, 1.807) is 21.3 Å². The minimum absolute atomic E-state index is 0.127. The van der Waals surface area contributed by atoms with E-state index in [9.17, 15) is 4.79 Å². The number of ether oxygens (including phenoxy) is 3. The fraction of sp³-hybridized carbons (Fsp3) is 0.474. The molecule has 0 spiro atoms. The van der Waals surface area contributed by atoms with Gasteiger partial charge in [-0.2, -0.15) is 0 Å². The number of methoxy groups -OCH3 is 3. The van der Waals surface area contributed by atoms with E-state index in [-0.39, 0.29) is 5.91 Å². The molecule has 0 bridgehead atoms. The SMILES string of the molecule is COc1cc(/C=C2\SC(=NC3CCCCC3)NC2=O)cc(OC)c1OC. The molecule has 0 radical (unpaired) electrons. The highest BCUT2D eigenvalue weighted by Crippen LogP contribution is 2.39. The molecule has 1 N–H and O–H groups in total. The van der Waals surface area contributed by atoms with Gasteiger partial charge in [0.25, 0.3) is 5.91 Å². The number of aliphatic imine (C=N–C) groups is 1. The molecule has 3 rings (SSSR count). The zero-order valence-electron chi connectivity index (χ0n) is 15.3. The van der Waals surface area contributed by atoms with Crippen LogP contribution in [-0.2, 0) is 4.79 Å². The van der Waals surface area contributed by atoms with Gasteiger partial charge < -0.3 is 19.5 Å². The van der Waals surface area contributed by atoms with Gasteiger partial charge in [-0.15, -0.1) is 0 Å². The number of carbonyl (C=O) groups is 1. The molecule has 1 aromatic rings. The first-order chi connectivity index (χ1) is 12.6. The van der Waals surface area contributed by atoms with Crippen LogP contribution in [0.1, 0.15) is 37.7 Å². The maximum absolute atomic E-state index is 12.3. The van der Waals surface area contributed by atoms with Gasteiger partial charge in [0.1, 0.15) is 0 Å². The van der Waals surface area contributed by atoms with E-state index >= 15 is 0 Å². The Balaban J connectivity index is 1.83. The van der Waals surface area contributed by atoms with Crippen LogP contribution >= 0.6 is 11.8 Å². The maximum Gasteiger partial charge on any atom is 0.264 e. The minimum atomic E-state index is -0.127. The average molecular weight is 376 g/mol. The predicted octanol–water partition coefficient (Wildman–Crippen LogP) is 3.61. The van der Waals surface area contributed by atoms with Gasteiger partial charge in [0.15, 0.2) is 16.7 Å². The number of nitrogens with zero attached hydrogens (tertiary/aromatic N) is 1. The zero-order chi connectivity index (χ0) is 18.5. The Morgan fingerprint density at radius 1 is 1.08 bits per heavy atom. The van der Waals surface area contributed by atoms with Crippen molar-refractivity contribution in [2.45, 2.75) is 38.1 Å². The van der Waals surface area contributed by atoms with E-state index in [4.69, 9.17) is 19.2 Å². The number of amidine groups is 1. The van der Waals surface area contributed by atoms with Crippen LogP contribution in [0.3, 0.4) is 0 Å². The van der Waals surface area contributed by atoms with E-state index in [0.717, 1.165) is 18.4 Å². The Labute approximate surface area is 158 Å². The quantitative estimate of drug-likeness (QED) is 0.795. The van der Waals surface area contributed by atoms with Crippen molar-refractivity contribution in [3.63, 3.8) is 0 Å². The summed E-state index contributed by atoms with van der Waals surface area (Å²) in [5.41, 5.74) is 0.802. The molecule has 1 heterocycles. The summed E-state index contributed by atoms with van der Waals surface area (Å²) in [5, 5.41) is 3.56. The van der Waals surface area contributed by atoms with E-state index < -0.39 is 0 Å².